The summed E-state index contributed by atoms with van der Waals surface area (Å²) in [5, 5.41) is 0.659. The lowest BCUT2D eigenvalue weighted by Gasteiger charge is -2.06. The molecule has 0 saturated heterocycles. The van der Waals surface area contributed by atoms with Crippen molar-refractivity contribution >= 4 is 17.4 Å². The highest BCUT2D eigenvalue weighted by molar-refractivity contribution is 6.30. The maximum atomic E-state index is 11.9. The highest BCUT2D eigenvalue weighted by atomic mass is 35.5. The van der Waals surface area contributed by atoms with Crippen molar-refractivity contribution in [3.8, 4) is 5.75 Å². The van der Waals surface area contributed by atoms with E-state index in [2.05, 4.69) is 0 Å². The van der Waals surface area contributed by atoms with Gasteiger partial charge in [0.15, 0.2) is 0 Å². The third-order valence-corrected chi connectivity index (χ3v) is 3.16. The number of ether oxygens (including phenoxy) is 1. The maximum Gasteiger partial charge on any atom is 0.140 e. The van der Waals surface area contributed by atoms with E-state index in [1.165, 1.54) is 0 Å². The molecule has 0 aliphatic heterocycles. The van der Waals surface area contributed by atoms with Crippen LogP contribution in [-0.2, 0) is 11.2 Å². The van der Waals surface area contributed by atoms with Crippen LogP contribution in [0.25, 0.3) is 0 Å². The van der Waals surface area contributed by atoms with Gasteiger partial charge in [-0.05, 0) is 42.3 Å². The van der Waals surface area contributed by atoms with E-state index in [4.69, 9.17) is 16.3 Å². The predicted octanol–water partition coefficient (Wildman–Crippen LogP) is 4.23. The number of Topliss-reactive ketones (excluding diaryl/α,β-unsaturated/α-hetero) is 1. The average molecular weight is 289 g/mol. The molecule has 2 aromatic carbocycles. The molecule has 2 nitrogen and oxygen atoms in total. The van der Waals surface area contributed by atoms with Gasteiger partial charge in [0.1, 0.15) is 11.5 Å². The summed E-state index contributed by atoms with van der Waals surface area (Å²) in [5.41, 5.74) is 2.09. The second-order valence-electron chi connectivity index (χ2n) is 4.76. The molecule has 0 N–H and O–H groups in total. The molecule has 0 saturated carbocycles. The van der Waals surface area contributed by atoms with Gasteiger partial charge in [0, 0.05) is 17.9 Å². The van der Waals surface area contributed by atoms with Gasteiger partial charge in [-0.25, -0.2) is 0 Å². The van der Waals surface area contributed by atoms with Crippen molar-refractivity contribution in [3.63, 3.8) is 0 Å². The lowest BCUT2D eigenvalue weighted by Crippen LogP contribution is -2.08. The SMILES string of the molecule is Cc1cccc(OCCC(=O)Cc2cccc(Cl)c2)c1. The van der Waals surface area contributed by atoms with E-state index in [1.807, 2.05) is 49.4 Å². The largest absolute Gasteiger partial charge is 0.493 e. The minimum Gasteiger partial charge on any atom is -0.493 e. The van der Waals surface area contributed by atoms with E-state index >= 15 is 0 Å². The zero-order valence-corrected chi connectivity index (χ0v) is 12.2. The fourth-order valence-corrected chi connectivity index (χ4v) is 2.16. The number of halogens is 1. The summed E-state index contributed by atoms with van der Waals surface area (Å²) in [6.07, 6.45) is 0.804. The average Bonchev–Trinajstić information content (AvgIpc) is 2.38. The lowest BCUT2D eigenvalue weighted by atomic mass is 10.1. The van der Waals surface area contributed by atoms with Crippen LogP contribution >= 0.6 is 11.6 Å². The van der Waals surface area contributed by atoms with E-state index in [0.717, 1.165) is 16.9 Å². The van der Waals surface area contributed by atoms with E-state index < -0.39 is 0 Å². The normalized spacial score (nSPS) is 10.3. The first kappa shape index (κ1) is 14.6. The number of rotatable bonds is 6. The van der Waals surface area contributed by atoms with Crippen LogP contribution < -0.4 is 4.74 Å². The Morgan fingerprint density at radius 2 is 1.95 bits per heavy atom. The smallest absolute Gasteiger partial charge is 0.140 e. The summed E-state index contributed by atoms with van der Waals surface area (Å²) >= 11 is 5.89. The Labute approximate surface area is 124 Å². The van der Waals surface area contributed by atoms with Crippen molar-refractivity contribution in [2.45, 2.75) is 19.8 Å². The Hall–Kier alpha value is -1.80. The fourth-order valence-electron chi connectivity index (χ4n) is 1.95. The van der Waals surface area contributed by atoms with E-state index in [0.29, 0.717) is 24.5 Å². The summed E-state index contributed by atoms with van der Waals surface area (Å²) in [4.78, 5) is 11.9. The summed E-state index contributed by atoms with van der Waals surface area (Å²) in [6.45, 7) is 2.42. The number of hydrogen-bond donors (Lipinski definition) is 0. The molecule has 0 aliphatic rings. The van der Waals surface area contributed by atoms with Gasteiger partial charge in [-0.3, -0.25) is 4.79 Å². The summed E-state index contributed by atoms with van der Waals surface area (Å²) in [7, 11) is 0. The molecule has 0 radical (unpaired) electrons. The number of benzene rings is 2. The molecule has 20 heavy (non-hydrogen) atoms. The van der Waals surface area contributed by atoms with Crippen LogP contribution in [0.5, 0.6) is 5.75 Å². The van der Waals surface area contributed by atoms with Gasteiger partial charge in [-0.1, -0.05) is 35.9 Å². The first-order chi connectivity index (χ1) is 9.63. The molecule has 0 bridgehead atoms. The lowest BCUT2D eigenvalue weighted by molar-refractivity contribution is -0.118. The molecule has 0 spiro atoms. The number of hydrogen-bond acceptors (Lipinski definition) is 2. The summed E-state index contributed by atoms with van der Waals surface area (Å²) < 4.78 is 5.57. The van der Waals surface area contributed by atoms with Crippen molar-refractivity contribution in [3.05, 3.63) is 64.7 Å². The molecule has 0 amide bonds. The van der Waals surface area contributed by atoms with Gasteiger partial charge in [-0.15, -0.1) is 0 Å². The zero-order valence-electron chi connectivity index (χ0n) is 11.4. The third-order valence-electron chi connectivity index (χ3n) is 2.93. The van der Waals surface area contributed by atoms with Crippen molar-refractivity contribution < 1.29 is 9.53 Å². The monoisotopic (exact) mass is 288 g/mol. The quantitative estimate of drug-likeness (QED) is 0.795. The molecule has 3 heteroatoms. The van der Waals surface area contributed by atoms with Crippen molar-refractivity contribution in [1.29, 1.82) is 0 Å². The van der Waals surface area contributed by atoms with Crippen LogP contribution in [0.3, 0.4) is 0 Å². The molecule has 0 aromatic heterocycles. The second kappa shape index (κ2) is 7.11. The molecule has 0 heterocycles. The van der Waals surface area contributed by atoms with E-state index in [1.54, 1.807) is 6.07 Å². The van der Waals surface area contributed by atoms with Crippen molar-refractivity contribution in [1.82, 2.24) is 0 Å². The third kappa shape index (κ3) is 4.71. The van der Waals surface area contributed by atoms with Crippen LogP contribution in [0, 0.1) is 6.92 Å². The van der Waals surface area contributed by atoms with Crippen LogP contribution in [0.2, 0.25) is 5.02 Å². The first-order valence-electron chi connectivity index (χ1n) is 6.59. The fraction of sp³-hybridized carbons (Fsp3) is 0.235. The molecular weight excluding hydrogens is 272 g/mol. The molecular formula is C17H17ClO2. The Morgan fingerprint density at radius 3 is 2.70 bits per heavy atom. The Kier molecular flexibility index (Phi) is 5.19. The number of ketones is 1. The molecule has 0 unspecified atom stereocenters. The molecule has 104 valence electrons. The van der Waals surface area contributed by atoms with Crippen LogP contribution in [-0.4, -0.2) is 12.4 Å². The van der Waals surface area contributed by atoms with Gasteiger partial charge in [0.25, 0.3) is 0 Å². The minimum absolute atomic E-state index is 0.153. The van der Waals surface area contributed by atoms with Gasteiger partial charge < -0.3 is 4.74 Å². The summed E-state index contributed by atoms with van der Waals surface area (Å²) in [6, 6.07) is 15.2. The van der Waals surface area contributed by atoms with Crippen LogP contribution in [0.15, 0.2) is 48.5 Å². The summed E-state index contributed by atoms with van der Waals surface area (Å²) in [5.74, 6) is 0.959. The molecule has 0 atom stereocenters. The van der Waals surface area contributed by atoms with Crippen LogP contribution in [0.4, 0.5) is 0 Å². The van der Waals surface area contributed by atoms with Crippen LogP contribution in [0.1, 0.15) is 17.5 Å². The Balaban J connectivity index is 1.78. The molecule has 2 rings (SSSR count). The number of carbonyl (C=O) groups excluding carboxylic acids is 1. The molecule has 2 aromatic rings. The standard InChI is InChI=1S/C17H17ClO2/c1-13-4-2-7-17(10-13)20-9-8-16(19)12-14-5-3-6-15(18)11-14/h2-7,10-11H,8-9,12H2,1H3. The molecule has 0 aliphatic carbocycles. The minimum atomic E-state index is 0.153. The first-order valence-corrected chi connectivity index (χ1v) is 6.97. The van der Waals surface area contributed by atoms with Gasteiger partial charge in [-0.2, -0.15) is 0 Å². The molecule has 0 fully saturated rings. The maximum absolute atomic E-state index is 11.9. The van der Waals surface area contributed by atoms with Crippen molar-refractivity contribution in [2.75, 3.05) is 6.61 Å². The number of carbonyl (C=O) groups is 1. The van der Waals surface area contributed by atoms with Crippen molar-refractivity contribution in [2.24, 2.45) is 0 Å². The highest BCUT2D eigenvalue weighted by Crippen LogP contribution is 2.14. The van der Waals surface area contributed by atoms with Gasteiger partial charge >= 0.3 is 0 Å². The Morgan fingerprint density at radius 1 is 1.15 bits per heavy atom. The highest BCUT2D eigenvalue weighted by Gasteiger charge is 2.05. The van der Waals surface area contributed by atoms with E-state index in [-0.39, 0.29) is 5.78 Å². The van der Waals surface area contributed by atoms with Gasteiger partial charge in [0.05, 0.1) is 6.61 Å². The van der Waals surface area contributed by atoms with Gasteiger partial charge in [0.2, 0.25) is 0 Å². The zero-order chi connectivity index (χ0) is 14.4. The van der Waals surface area contributed by atoms with E-state index in [9.17, 15) is 4.79 Å². The predicted molar refractivity (Wildman–Crippen MR) is 81.5 cm³/mol. The Bertz CT molecular complexity index is 593. The number of aryl methyl sites for hydroxylation is 1. The second-order valence-corrected chi connectivity index (χ2v) is 5.20. The topological polar surface area (TPSA) is 26.3 Å².